The number of β-amino-alcohol motifs (C(OH)–C–C–N with tert-alkyl or cyclic N) is 1. The Morgan fingerprint density at radius 3 is 2.38 bits per heavy atom. The number of hydrogen-bond acceptors (Lipinski definition) is 3. The van der Waals surface area contributed by atoms with Crippen LogP contribution in [0.15, 0.2) is 54.6 Å². The van der Waals surface area contributed by atoms with Crippen LogP contribution in [0.1, 0.15) is 38.3 Å². The van der Waals surface area contributed by atoms with Gasteiger partial charge in [0.1, 0.15) is 5.69 Å². The van der Waals surface area contributed by atoms with Crippen molar-refractivity contribution in [2.24, 2.45) is 0 Å². The minimum absolute atomic E-state index is 0.116. The third kappa shape index (κ3) is 2.95. The summed E-state index contributed by atoms with van der Waals surface area (Å²) in [5.41, 5.74) is 2.55. The Hall–Kier alpha value is -1.78. The summed E-state index contributed by atoms with van der Waals surface area (Å²) in [6.45, 7) is 8.11. The lowest BCUT2D eigenvalue weighted by atomic mass is 9.86. The van der Waals surface area contributed by atoms with Crippen LogP contribution < -0.4 is 4.90 Å². The van der Waals surface area contributed by atoms with Gasteiger partial charge in [0.15, 0.2) is 6.54 Å². The third-order valence-electron chi connectivity index (χ3n) is 5.33. The predicted octanol–water partition coefficient (Wildman–Crippen LogP) is 4.15. The van der Waals surface area contributed by atoms with Gasteiger partial charge in [0, 0.05) is 11.3 Å². The van der Waals surface area contributed by atoms with Gasteiger partial charge in [-0.25, -0.2) is 9.48 Å². The second-order valence-electron chi connectivity index (χ2n) is 8.20. The molecule has 0 saturated carbocycles. The Balaban J connectivity index is 1.75. The van der Waals surface area contributed by atoms with Gasteiger partial charge in [-0.2, -0.15) is 0 Å². The highest BCUT2D eigenvalue weighted by Gasteiger charge is 2.53. The third-order valence-corrected chi connectivity index (χ3v) is 6.52. The first-order chi connectivity index (χ1) is 12.4. The Kier molecular flexibility index (Phi) is 4.36. The quantitative estimate of drug-likeness (QED) is 0.808. The number of amidine groups is 1. The summed E-state index contributed by atoms with van der Waals surface area (Å²) in [7, 11) is 0. The van der Waals surface area contributed by atoms with Crippen LogP contribution in [-0.2, 0) is 11.1 Å². The number of anilines is 1. The molecule has 4 rings (SSSR count). The Morgan fingerprint density at radius 2 is 1.73 bits per heavy atom. The summed E-state index contributed by atoms with van der Waals surface area (Å²) in [4.78, 5) is 2.27. The van der Waals surface area contributed by atoms with Gasteiger partial charge in [-0.15, -0.1) is 0 Å². The van der Waals surface area contributed by atoms with Crippen molar-refractivity contribution in [2.45, 2.75) is 38.3 Å². The molecule has 0 spiro atoms. The molecular weight excluding hydrogens is 340 g/mol. The zero-order chi connectivity index (χ0) is 18.4. The van der Waals surface area contributed by atoms with Crippen LogP contribution in [0.3, 0.4) is 0 Å². The lowest BCUT2D eigenvalue weighted by Gasteiger charge is -2.26. The number of hydrogen-bond donors (Lipinski definition) is 1. The first kappa shape index (κ1) is 17.6. The highest BCUT2D eigenvalue weighted by molar-refractivity contribution is 8.13. The first-order valence-electron chi connectivity index (χ1n) is 9.33. The largest absolute Gasteiger partial charge is 0.346 e. The lowest BCUT2D eigenvalue weighted by molar-refractivity contribution is -0.656. The molecule has 0 fully saturated rings. The summed E-state index contributed by atoms with van der Waals surface area (Å²) in [6, 6.07) is 18.9. The van der Waals surface area contributed by atoms with Crippen molar-refractivity contribution in [3.8, 4) is 0 Å². The molecule has 2 aromatic rings. The van der Waals surface area contributed by atoms with Crippen molar-refractivity contribution in [3.05, 3.63) is 65.7 Å². The molecule has 136 valence electrons. The fourth-order valence-corrected chi connectivity index (χ4v) is 4.97. The number of rotatable bonds is 2. The topological polar surface area (TPSA) is 26.5 Å². The normalized spacial score (nSPS) is 23.3. The van der Waals surface area contributed by atoms with Crippen LogP contribution >= 0.6 is 11.8 Å². The maximum absolute atomic E-state index is 11.7. The minimum Gasteiger partial charge on any atom is -0.346 e. The van der Waals surface area contributed by atoms with Crippen LogP contribution in [0, 0.1) is 0 Å². The fraction of sp³-hybridized carbons (Fsp3) is 0.409. The van der Waals surface area contributed by atoms with Gasteiger partial charge in [0.25, 0.3) is 5.72 Å². The predicted molar refractivity (Wildman–Crippen MR) is 110 cm³/mol. The Labute approximate surface area is 160 Å². The molecule has 0 aliphatic carbocycles. The zero-order valence-corrected chi connectivity index (χ0v) is 16.6. The number of thioether (sulfide) groups is 1. The molecule has 4 heteroatoms. The molecule has 0 radical (unpaired) electrons. The summed E-state index contributed by atoms with van der Waals surface area (Å²) >= 11 is 1.85. The van der Waals surface area contributed by atoms with E-state index in [1.54, 1.807) is 0 Å². The average Bonchev–Trinajstić information content (AvgIpc) is 2.97. The van der Waals surface area contributed by atoms with Crippen molar-refractivity contribution >= 4 is 22.6 Å². The maximum Gasteiger partial charge on any atom is 0.316 e. The van der Waals surface area contributed by atoms with Gasteiger partial charge >= 0.3 is 5.17 Å². The molecule has 0 unspecified atom stereocenters. The van der Waals surface area contributed by atoms with Gasteiger partial charge in [-0.1, -0.05) is 63.2 Å². The van der Waals surface area contributed by atoms with Crippen molar-refractivity contribution in [2.75, 3.05) is 23.7 Å². The van der Waals surface area contributed by atoms with Crippen LogP contribution in [0.25, 0.3) is 0 Å². The van der Waals surface area contributed by atoms with Gasteiger partial charge in [0.05, 0.1) is 6.54 Å². The second-order valence-corrected chi connectivity index (χ2v) is 9.26. The summed E-state index contributed by atoms with van der Waals surface area (Å²) in [6.07, 6.45) is 1.10. The molecule has 0 bridgehead atoms. The summed E-state index contributed by atoms with van der Waals surface area (Å²) in [5.74, 6) is 1.11. The van der Waals surface area contributed by atoms with E-state index in [0.717, 1.165) is 30.0 Å². The zero-order valence-electron chi connectivity index (χ0n) is 15.8. The van der Waals surface area contributed by atoms with Crippen LogP contribution in [0.5, 0.6) is 0 Å². The van der Waals surface area contributed by atoms with Gasteiger partial charge in [-0.3, -0.25) is 0 Å². The molecule has 2 aliphatic rings. The first-order valence-corrected chi connectivity index (χ1v) is 10.3. The van der Waals surface area contributed by atoms with E-state index in [-0.39, 0.29) is 5.41 Å². The average molecular weight is 368 g/mol. The van der Waals surface area contributed by atoms with Crippen LogP contribution in [0.2, 0.25) is 0 Å². The van der Waals surface area contributed by atoms with Crippen molar-refractivity contribution in [3.63, 3.8) is 0 Å². The molecule has 1 atom stereocenters. The fourth-order valence-electron chi connectivity index (χ4n) is 3.79. The van der Waals surface area contributed by atoms with Crippen molar-refractivity contribution in [1.82, 2.24) is 0 Å². The van der Waals surface area contributed by atoms with Gasteiger partial charge in [-0.05, 0) is 41.3 Å². The van der Waals surface area contributed by atoms with Gasteiger partial charge in [0.2, 0.25) is 0 Å². The molecular formula is C22H27N2OS+. The highest BCUT2D eigenvalue weighted by Crippen LogP contribution is 2.38. The summed E-state index contributed by atoms with van der Waals surface area (Å²) in [5, 5.41) is 12.9. The molecule has 1 N–H and O–H groups in total. The number of aliphatic hydroxyl groups is 1. The molecule has 2 aliphatic heterocycles. The van der Waals surface area contributed by atoms with Crippen LogP contribution in [-0.4, -0.2) is 33.7 Å². The lowest BCUT2D eigenvalue weighted by Crippen LogP contribution is -2.41. The Morgan fingerprint density at radius 1 is 1.04 bits per heavy atom. The molecule has 2 aromatic carbocycles. The highest BCUT2D eigenvalue weighted by atomic mass is 32.2. The molecule has 2 heterocycles. The maximum atomic E-state index is 11.7. The number of benzene rings is 2. The van der Waals surface area contributed by atoms with E-state index in [4.69, 9.17) is 0 Å². The molecule has 0 amide bonds. The number of nitrogens with zero attached hydrogens (tertiary/aromatic N) is 2. The van der Waals surface area contributed by atoms with E-state index in [1.165, 1.54) is 10.7 Å². The molecule has 0 saturated heterocycles. The minimum atomic E-state index is -0.977. The molecule has 26 heavy (non-hydrogen) atoms. The van der Waals surface area contributed by atoms with E-state index < -0.39 is 5.72 Å². The standard InChI is InChI=1S/C22H27N2OS/c1-21(2,3)17-10-12-18(13-11-17)22(25)16-23(19-8-5-4-6-9-19)20-24(22)14-7-15-26-20/h4-6,8-13,25H,7,14-16H2,1-3H3/q+1/t22-/m1/s1. The summed E-state index contributed by atoms with van der Waals surface area (Å²) < 4.78 is 2.19. The van der Waals surface area contributed by atoms with E-state index in [9.17, 15) is 5.11 Å². The second kappa shape index (κ2) is 6.43. The van der Waals surface area contributed by atoms with E-state index in [0.29, 0.717) is 6.54 Å². The van der Waals surface area contributed by atoms with E-state index >= 15 is 0 Å². The van der Waals surface area contributed by atoms with Gasteiger partial charge < -0.3 is 5.11 Å². The monoisotopic (exact) mass is 367 g/mol. The van der Waals surface area contributed by atoms with Crippen molar-refractivity contribution in [1.29, 1.82) is 0 Å². The molecule has 0 aromatic heterocycles. The Bertz CT molecular complexity index is 823. The van der Waals surface area contributed by atoms with Crippen LogP contribution in [0.4, 0.5) is 5.69 Å². The SMILES string of the molecule is CC(C)(C)c1ccc([C@]2(O)CN(c3ccccc3)C3=[N+]2CCCS3)cc1. The van der Waals surface area contributed by atoms with E-state index in [1.807, 2.05) is 17.8 Å². The van der Waals surface area contributed by atoms with E-state index in [2.05, 4.69) is 78.8 Å². The number of para-hydroxylation sites is 1. The van der Waals surface area contributed by atoms with Crippen molar-refractivity contribution < 1.29 is 9.68 Å². The molecule has 3 nitrogen and oxygen atoms in total. The smallest absolute Gasteiger partial charge is 0.316 e.